The van der Waals surface area contributed by atoms with E-state index in [0.29, 0.717) is 18.5 Å². The quantitative estimate of drug-likeness (QED) is 0.432. The van der Waals surface area contributed by atoms with E-state index in [4.69, 9.17) is 9.47 Å². The van der Waals surface area contributed by atoms with Gasteiger partial charge in [-0.1, -0.05) is 45.4 Å². The van der Waals surface area contributed by atoms with Crippen molar-refractivity contribution in [3.63, 3.8) is 0 Å². The van der Waals surface area contributed by atoms with E-state index < -0.39 is 18.4 Å². The standard InChI is InChI=1S/C20H30N4O5/c1-2-3-4-5-6-7-8-9-16(26)28-11-14-10-15(25)20(29-14)24-13-23-17-18(24)21-12-22-19(17)27/h12-15,20,25H,2-11H2,1H3,(H,21,22,27)/t14-,15+,20+/m0/s1. The van der Waals surface area contributed by atoms with Crippen LogP contribution in [0.4, 0.5) is 0 Å². The number of ether oxygens (including phenoxy) is 2. The van der Waals surface area contributed by atoms with E-state index in [1.807, 2.05) is 0 Å². The van der Waals surface area contributed by atoms with E-state index >= 15 is 0 Å². The van der Waals surface area contributed by atoms with Gasteiger partial charge in [0, 0.05) is 12.8 Å². The van der Waals surface area contributed by atoms with Crippen molar-refractivity contribution in [2.45, 2.75) is 83.1 Å². The minimum atomic E-state index is -0.795. The Bertz CT molecular complexity index is 796. The average molecular weight is 406 g/mol. The molecule has 3 atom stereocenters. The summed E-state index contributed by atoms with van der Waals surface area (Å²) in [7, 11) is 0. The van der Waals surface area contributed by atoms with E-state index in [0.717, 1.165) is 19.3 Å². The third kappa shape index (κ3) is 5.63. The van der Waals surface area contributed by atoms with Gasteiger partial charge in [0.25, 0.3) is 0 Å². The van der Waals surface area contributed by atoms with E-state index in [1.54, 1.807) is 4.57 Å². The van der Waals surface area contributed by atoms with Gasteiger partial charge in [-0.3, -0.25) is 9.36 Å². The molecule has 0 bridgehead atoms. The summed E-state index contributed by atoms with van der Waals surface area (Å²) in [6.45, 7) is 2.30. The number of hydrogen-bond donors (Lipinski definition) is 2. The molecule has 0 radical (unpaired) electrons. The fourth-order valence-corrected chi connectivity index (χ4v) is 3.60. The second kappa shape index (κ2) is 10.5. The molecule has 9 heteroatoms. The highest BCUT2D eigenvalue weighted by atomic mass is 16.6. The van der Waals surface area contributed by atoms with Crippen molar-refractivity contribution in [3.05, 3.63) is 12.7 Å². The van der Waals surface area contributed by atoms with E-state index in [1.165, 1.54) is 38.3 Å². The first-order chi connectivity index (χ1) is 14.1. The lowest BCUT2D eigenvalue weighted by Gasteiger charge is -2.16. The van der Waals surface area contributed by atoms with Crippen LogP contribution in [0.15, 0.2) is 12.7 Å². The molecule has 1 saturated heterocycles. The molecule has 0 aliphatic carbocycles. The Kier molecular flexibility index (Phi) is 7.76. The van der Waals surface area contributed by atoms with Crippen LogP contribution in [0.1, 0.15) is 70.9 Å². The molecule has 29 heavy (non-hydrogen) atoms. The predicted octanol–water partition coefficient (Wildman–Crippen LogP) is 2.86. The monoisotopic (exact) mass is 406 g/mol. The summed E-state index contributed by atoms with van der Waals surface area (Å²) >= 11 is 0. The van der Waals surface area contributed by atoms with Crippen LogP contribution in [-0.4, -0.2) is 54.5 Å². The lowest BCUT2D eigenvalue weighted by molar-refractivity contribution is -0.148. The molecule has 0 saturated carbocycles. The lowest BCUT2D eigenvalue weighted by atomic mass is 10.1. The van der Waals surface area contributed by atoms with Gasteiger partial charge in [-0.15, -0.1) is 0 Å². The molecular formula is C20H30N4O5. The molecular weight excluding hydrogens is 376 g/mol. The molecule has 160 valence electrons. The number of aliphatic hydroxyl groups excluding tert-OH is 1. The molecule has 2 aromatic rings. The Balaban J connectivity index is 1.41. The number of rotatable bonds is 11. The number of carbonyl (C=O) groups is 1. The molecule has 0 unspecified atom stereocenters. The zero-order valence-corrected chi connectivity index (χ0v) is 16.9. The highest BCUT2D eigenvalue weighted by molar-refractivity contribution is 5.75. The molecule has 0 aromatic carbocycles. The zero-order valence-electron chi connectivity index (χ0n) is 16.9. The highest BCUT2D eigenvalue weighted by Crippen LogP contribution is 2.32. The number of imidazole rings is 1. The average Bonchev–Trinajstić information content (AvgIpc) is 3.29. The van der Waals surface area contributed by atoms with Crippen molar-refractivity contribution in [1.82, 2.24) is 19.5 Å². The normalized spacial score (nSPS) is 21.7. The van der Waals surface area contributed by atoms with Crippen LogP contribution in [0.5, 0.6) is 5.88 Å². The van der Waals surface area contributed by atoms with Crippen LogP contribution in [0.2, 0.25) is 0 Å². The van der Waals surface area contributed by atoms with Crippen molar-refractivity contribution in [1.29, 1.82) is 0 Å². The van der Waals surface area contributed by atoms with Gasteiger partial charge < -0.3 is 19.7 Å². The number of fused-ring (bicyclic) bond motifs is 1. The zero-order chi connectivity index (χ0) is 20.6. The van der Waals surface area contributed by atoms with Crippen LogP contribution in [0.25, 0.3) is 11.2 Å². The number of esters is 1. The third-order valence-corrected chi connectivity index (χ3v) is 5.19. The molecule has 1 fully saturated rings. The second-order valence-electron chi connectivity index (χ2n) is 7.53. The summed E-state index contributed by atoms with van der Waals surface area (Å²) in [5.74, 6) is -0.456. The van der Waals surface area contributed by atoms with Gasteiger partial charge >= 0.3 is 5.97 Å². The maximum Gasteiger partial charge on any atom is 0.305 e. The molecule has 3 rings (SSSR count). The SMILES string of the molecule is CCCCCCCCCC(=O)OC[C@@H]1C[C@@H](O)[C@H](n2cnc3c(O)ncnc32)O1. The van der Waals surface area contributed by atoms with Gasteiger partial charge in [0.2, 0.25) is 5.88 Å². The number of aliphatic hydroxyl groups is 1. The van der Waals surface area contributed by atoms with Gasteiger partial charge in [0.15, 0.2) is 17.4 Å². The van der Waals surface area contributed by atoms with Gasteiger partial charge in [-0.05, 0) is 6.42 Å². The number of hydrogen-bond acceptors (Lipinski definition) is 8. The van der Waals surface area contributed by atoms with E-state index in [-0.39, 0.29) is 24.0 Å². The van der Waals surface area contributed by atoms with Crippen LogP contribution in [0.3, 0.4) is 0 Å². The van der Waals surface area contributed by atoms with Crippen molar-refractivity contribution >= 4 is 17.1 Å². The van der Waals surface area contributed by atoms with Crippen molar-refractivity contribution in [3.8, 4) is 5.88 Å². The summed E-state index contributed by atoms with van der Waals surface area (Å²) < 4.78 is 12.7. The first kappa shape index (κ1) is 21.4. The Hall–Kier alpha value is -2.26. The van der Waals surface area contributed by atoms with Crippen LogP contribution in [-0.2, 0) is 14.3 Å². The largest absolute Gasteiger partial charge is 0.492 e. The Labute approximate surface area is 170 Å². The maximum absolute atomic E-state index is 11.9. The molecule has 0 spiro atoms. The first-order valence-corrected chi connectivity index (χ1v) is 10.5. The van der Waals surface area contributed by atoms with Crippen molar-refractivity contribution in [2.24, 2.45) is 0 Å². The topological polar surface area (TPSA) is 120 Å². The molecule has 1 aliphatic rings. The summed E-state index contributed by atoms with van der Waals surface area (Å²) in [5.41, 5.74) is 0.617. The Morgan fingerprint density at radius 3 is 2.76 bits per heavy atom. The molecule has 0 amide bonds. The number of aromatic hydroxyl groups is 1. The van der Waals surface area contributed by atoms with E-state index in [2.05, 4.69) is 21.9 Å². The second-order valence-corrected chi connectivity index (χ2v) is 7.53. The summed E-state index contributed by atoms with van der Waals surface area (Å²) in [4.78, 5) is 23.8. The smallest absolute Gasteiger partial charge is 0.305 e. The minimum Gasteiger partial charge on any atom is -0.492 e. The van der Waals surface area contributed by atoms with E-state index in [9.17, 15) is 15.0 Å². The van der Waals surface area contributed by atoms with Gasteiger partial charge in [-0.2, -0.15) is 4.98 Å². The summed E-state index contributed by atoms with van der Waals surface area (Å²) in [5, 5.41) is 20.1. The number of nitrogens with zero attached hydrogens (tertiary/aromatic N) is 4. The van der Waals surface area contributed by atoms with Gasteiger partial charge in [0.1, 0.15) is 19.0 Å². The summed E-state index contributed by atoms with van der Waals surface area (Å²) in [6, 6.07) is 0. The van der Waals surface area contributed by atoms with Crippen molar-refractivity contribution in [2.75, 3.05) is 6.61 Å². The fraction of sp³-hybridized carbons (Fsp3) is 0.700. The molecule has 2 aromatic heterocycles. The Morgan fingerprint density at radius 1 is 1.21 bits per heavy atom. The molecule has 1 aliphatic heterocycles. The number of aromatic nitrogens is 4. The van der Waals surface area contributed by atoms with Crippen LogP contribution < -0.4 is 0 Å². The molecule has 3 heterocycles. The van der Waals surface area contributed by atoms with Crippen molar-refractivity contribution < 1.29 is 24.5 Å². The maximum atomic E-state index is 11.9. The lowest BCUT2D eigenvalue weighted by Crippen LogP contribution is -2.20. The number of carbonyl (C=O) groups excluding carboxylic acids is 1. The first-order valence-electron chi connectivity index (χ1n) is 10.5. The fourth-order valence-electron chi connectivity index (χ4n) is 3.60. The third-order valence-electron chi connectivity index (χ3n) is 5.19. The Morgan fingerprint density at radius 2 is 1.97 bits per heavy atom. The van der Waals surface area contributed by atoms with Gasteiger partial charge in [-0.25, -0.2) is 9.97 Å². The van der Waals surface area contributed by atoms with Crippen LogP contribution >= 0.6 is 0 Å². The molecule has 2 N–H and O–H groups in total. The molecule has 9 nitrogen and oxygen atoms in total. The number of unbranched alkanes of at least 4 members (excludes halogenated alkanes) is 6. The summed E-state index contributed by atoms with van der Waals surface area (Å²) in [6.07, 6.45) is 9.56. The van der Waals surface area contributed by atoms with Gasteiger partial charge in [0.05, 0.1) is 12.4 Å². The highest BCUT2D eigenvalue weighted by Gasteiger charge is 2.37. The minimum absolute atomic E-state index is 0.107. The predicted molar refractivity (Wildman–Crippen MR) is 105 cm³/mol. The van der Waals surface area contributed by atoms with Crippen LogP contribution in [0, 0.1) is 0 Å².